The first-order valence-electron chi connectivity index (χ1n) is 11.0. The van der Waals surface area contributed by atoms with Crippen LogP contribution in [-0.4, -0.2) is 55.8 Å². The smallest absolute Gasteiger partial charge is 0.422 e. The summed E-state index contributed by atoms with van der Waals surface area (Å²) in [6, 6.07) is 4.73. The summed E-state index contributed by atoms with van der Waals surface area (Å²) in [6.07, 6.45) is -3.81. The lowest BCUT2D eigenvalue weighted by atomic mass is 10.2. The van der Waals surface area contributed by atoms with E-state index in [0.29, 0.717) is 18.7 Å². The van der Waals surface area contributed by atoms with Gasteiger partial charge in [0.15, 0.2) is 0 Å². The molecule has 0 unspecified atom stereocenters. The van der Waals surface area contributed by atoms with Crippen molar-refractivity contribution in [3.05, 3.63) is 46.6 Å². The van der Waals surface area contributed by atoms with Gasteiger partial charge < -0.3 is 19.3 Å². The second-order valence-electron chi connectivity index (χ2n) is 7.62. The maximum absolute atomic E-state index is 13.0. The SMILES string of the molecule is CCCCCNS(=O)(=O)N(Cc1ccc(OCCOC)cc1Oc1ncc(C(F)(F)F)cc1Cl)C(=O)O. The standard InChI is InChI=1S/C22H27ClF3N3O7S/c1-3-4-5-8-28-37(32,33)29(21(30)31)14-15-6-7-17(35-10-9-34-2)12-19(15)36-20-18(23)11-16(13-27-20)22(24,25)26/h6-7,11-13,28H,3-5,8-10,14H2,1-2H3,(H,30,31). The Morgan fingerprint density at radius 2 is 1.95 bits per heavy atom. The first-order chi connectivity index (χ1) is 17.4. The molecule has 0 spiro atoms. The van der Waals surface area contributed by atoms with Gasteiger partial charge in [0.1, 0.15) is 23.1 Å². The van der Waals surface area contributed by atoms with E-state index in [1.54, 1.807) is 0 Å². The summed E-state index contributed by atoms with van der Waals surface area (Å²) < 4.78 is 82.6. The van der Waals surface area contributed by atoms with Crippen molar-refractivity contribution < 1.29 is 45.7 Å². The van der Waals surface area contributed by atoms with Gasteiger partial charge in [0.2, 0.25) is 5.88 Å². The number of aromatic nitrogens is 1. The maximum atomic E-state index is 13.0. The number of amides is 1. The van der Waals surface area contributed by atoms with Crippen LogP contribution in [0.2, 0.25) is 5.02 Å². The van der Waals surface area contributed by atoms with Crippen molar-refractivity contribution in [3.8, 4) is 17.4 Å². The first-order valence-corrected chi connectivity index (χ1v) is 12.9. The molecule has 0 atom stereocenters. The van der Waals surface area contributed by atoms with Crippen molar-refractivity contribution in [2.75, 3.05) is 26.9 Å². The molecule has 0 aliphatic carbocycles. The third-order valence-corrected chi connectivity index (χ3v) is 6.52. The Kier molecular flexibility index (Phi) is 11.2. The van der Waals surface area contributed by atoms with Gasteiger partial charge in [-0.2, -0.15) is 30.6 Å². The minimum atomic E-state index is -4.68. The average molecular weight is 570 g/mol. The second-order valence-corrected chi connectivity index (χ2v) is 9.70. The summed E-state index contributed by atoms with van der Waals surface area (Å²) in [5, 5.41) is 9.12. The summed E-state index contributed by atoms with van der Waals surface area (Å²) in [5.41, 5.74) is -1.04. The largest absolute Gasteiger partial charge is 0.491 e. The highest BCUT2D eigenvalue weighted by atomic mass is 35.5. The van der Waals surface area contributed by atoms with E-state index in [0.717, 1.165) is 12.8 Å². The molecule has 2 rings (SSSR count). The molecule has 1 heterocycles. The average Bonchev–Trinajstić information content (AvgIpc) is 2.81. The lowest BCUT2D eigenvalue weighted by Crippen LogP contribution is -2.43. The van der Waals surface area contributed by atoms with E-state index in [1.807, 2.05) is 6.92 Å². The molecule has 1 amide bonds. The van der Waals surface area contributed by atoms with Crippen LogP contribution in [0, 0.1) is 0 Å². The molecule has 0 bridgehead atoms. The van der Waals surface area contributed by atoms with Crippen LogP contribution in [0.15, 0.2) is 30.5 Å². The molecular weight excluding hydrogens is 543 g/mol. The molecule has 0 aliphatic rings. The number of ether oxygens (including phenoxy) is 3. The fraction of sp³-hybridized carbons (Fsp3) is 0.455. The lowest BCUT2D eigenvalue weighted by Gasteiger charge is -2.21. The van der Waals surface area contributed by atoms with Gasteiger partial charge in [-0.3, -0.25) is 0 Å². The molecule has 15 heteroatoms. The zero-order chi connectivity index (χ0) is 27.6. The van der Waals surface area contributed by atoms with Crippen molar-refractivity contribution in [2.45, 2.75) is 38.9 Å². The van der Waals surface area contributed by atoms with Crippen molar-refractivity contribution in [1.29, 1.82) is 0 Å². The molecule has 37 heavy (non-hydrogen) atoms. The Bertz CT molecular complexity index is 1170. The van der Waals surface area contributed by atoms with E-state index >= 15 is 0 Å². The number of unbranched alkanes of at least 4 members (excludes halogenated alkanes) is 2. The number of halogens is 4. The number of nitrogens with one attached hydrogen (secondary N) is 1. The van der Waals surface area contributed by atoms with Crippen LogP contribution in [0.1, 0.15) is 37.3 Å². The van der Waals surface area contributed by atoms with Crippen LogP contribution in [0.4, 0.5) is 18.0 Å². The Morgan fingerprint density at radius 1 is 1.22 bits per heavy atom. The molecule has 2 N–H and O–H groups in total. The Labute approximate surface area is 217 Å². The van der Waals surface area contributed by atoms with Gasteiger partial charge >= 0.3 is 22.5 Å². The summed E-state index contributed by atoms with van der Waals surface area (Å²) >= 11 is 5.95. The number of pyridine rings is 1. The summed E-state index contributed by atoms with van der Waals surface area (Å²) in [4.78, 5) is 15.4. The van der Waals surface area contributed by atoms with Gasteiger partial charge in [-0.1, -0.05) is 31.4 Å². The van der Waals surface area contributed by atoms with Crippen LogP contribution in [0.3, 0.4) is 0 Å². The number of alkyl halides is 3. The number of nitrogens with zero attached hydrogens (tertiary/aromatic N) is 2. The van der Waals surface area contributed by atoms with Gasteiger partial charge in [0.25, 0.3) is 0 Å². The highest BCUT2D eigenvalue weighted by Crippen LogP contribution is 2.36. The molecule has 2 aromatic rings. The Morgan fingerprint density at radius 3 is 2.54 bits per heavy atom. The summed E-state index contributed by atoms with van der Waals surface area (Å²) in [7, 11) is -2.97. The van der Waals surface area contributed by atoms with Crippen molar-refractivity contribution in [3.63, 3.8) is 0 Å². The highest BCUT2D eigenvalue weighted by Gasteiger charge is 2.32. The van der Waals surface area contributed by atoms with Crippen LogP contribution in [0.5, 0.6) is 17.4 Å². The van der Waals surface area contributed by atoms with Crippen molar-refractivity contribution in [2.24, 2.45) is 0 Å². The molecule has 10 nitrogen and oxygen atoms in total. The highest BCUT2D eigenvalue weighted by molar-refractivity contribution is 7.87. The molecule has 0 saturated carbocycles. The van der Waals surface area contributed by atoms with Crippen LogP contribution in [0.25, 0.3) is 0 Å². The number of hydrogen-bond acceptors (Lipinski definition) is 7. The summed E-state index contributed by atoms with van der Waals surface area (Å²) in [5.74, 6) is -0.301. The van der Waals surface area contributed by atoms with Crippen LogP contribution in [-0.2, 0) is 27.7 Å². The predicted molar refractivity (Wildman–Crippen MR) is 128 cm³/mol. The number of benzene rings is 1. The van der Waals surface area contributed by atoms with Gasteiger partial charge in [-0.15, -0.1) is 0 Å². The fourth-order valence-corrected chi connectivity index (χ4v) is 4.19. The molecule has 0 aliphatic heterocycles. The van der Waals surface area contributed by atoms with Gasteiger partial charge in [-0.05, 0) is 24.6 Å². The molecule has 0 radical (unpaired) electrons. The third kappa shape index (κ3) is 9.22. The number of carbonyl (C=O) groups is 1. The summed E-state index contributed by atoms with van der Waals surface area (Å²) in [6.45, 7) is 1.69. The predicted octanol–water partition coefficient (Wildman–Crippen LogP) is 5.08. The van der Waals surface area contributed by atoms with Gasteiger partial charge in [-0.25, -0.2) is 9.78 Å². The molecule has 0 saturated heterocycles. The zero-order valence-corrected chi connectivity index (χ0v) is 21.6. The third-order valence-electron chi connectivity index (χ3n) is 4.82. The van der Waals surface area contributed by atoms with E-state index in [-0.39, 0.29) is 41.1 Å². The zero-order valence-electron chi connectivity index (χ0n) is 20.0. The van der Waals surface area contributed by atoms with Gasteiger partial charge in [0.05, 0.1) is 18.7 Å². The van der Waals surface area contributed by atoms with E-state index in [9.17, 15) is 31.5 Å². The monoisotopic (exact) mass is 569 g/mol. The van der Waals surface area contributed by atoms with Crippen LogP contribution < -0.4 is 14.2 Å². The number of carboxylic acid groups (broad SMARTS) is 1. The lowest BCUT2D eigenvalue weighted by molar-refractivity contribution is -0.137. The van der Waals surface area contributed by atoms with Crippen molar-refractivity contribution in [1.82, 2.24) is 14.0 Å². The van der Waals surface area contributed by atoms with E-state index < -0.39 is 45.5 Å². The Hall–Kier alpha value is -2.81. The fourth-order valence-electron chi connectivity index (χ4n) is 2.92. The molecule has 206 valence electrons. The first kappa shape index (κ1) is 30.4. The van der Waals surface area contributed by atoms with E-state index in [1.165, 1.54) is 25.3 Å². The molecule has 0 fully saturated rings. The normalized spacial score (nSPS) is 11.8. The Balaban J connectivity index is 2.40. The van der Waals surface area contributed by atoms with Crippen LogP contribution >= 0.6 is 11.6 Å². The van der Waals surface area contributed by atoms with Gasteiger partial charge in [0, 0.05) is 31.5 Å². The molecule has 1 aromatic carbocycles. The number of hydrogen-bond donors (Lipinski definition) is 2. The van der Waals surface area contributed by atoms with E-state index in [4.69, 9.17) is 25.8 Å². The molecular formula is C22H27ClF3N3O7S. The van der Waals surface area contributed by atoms with Crippen molar-refractivity contribution >= 4 is 27.9 Å². The quantitative estimate of drug-likeness (QED) is 0.302. The minimum Gasteiger partial charge on any atom is -0.491 e. The van der Waals surface area contributed by atoms with E-state index in [2.05, 4.69) is 9.71 Å². The second kappa shape index (κ2) is 13.7. The number of rotatable bonds is 14. The number of methoxy groups -OCH3 is 1. The maximum Gasteiger partial charge on any atom is 0.422 e. The minimum absolute atomic E-state index is 0.0423. The topological polar surface area (TPSA) is 127 Å². The molecule has 1 aromatic heterocycles.